The summed E-state index contributed by atoms with van der Waals surface area (Å²) in [4.78, 5) is 35.7. The molecule has 0 spiro atoms. The van der Waals surface area contributed by atoms with Crippen LogP contribution in [0.5, 0.6) is 0 Å². The lowest BCUT2D eigenvalue weighted by Gasteiger charge is -2.38. The zero-order valence-electron chi connectivity index (χ0n) is 10.8. The zero-order valence-corrected chi connectivity index (χ0v) is 10.8. The van der Waals surface area contributed by atoms with Crippen LogP contribution in [0.1, 0.15) is 13.3 Å². The van der Waals surface area contributed by atoms with Gasteiger partial charge in [0.15, 0.2) is 5.41 Å². The second kappa shape index (κ2) is 5.00. The zero-order chi connectivity index (χ0) is 15.1. The molecule has 2 rings (SSSR count). The van der Waals surface area contributed by atoms with Gasteiger partial charge in [-0.05, 0) is 6.92 Å². The molecule has 0 aliphatic carbocycles. The van der Waals surface area contributed by atoms with Gasteiger partial charge in [-0.25, -0.2) is 4.79 Å². The van der Waals surface area contributed by atoms with Crippen LogP contribution in [0.4, 0.5) is 4.79 Å². The molecule has 9 nitrogen and oxygen atoms in total. The molecule has 4 atom stereocenters. The fraction of sp³-hybridized carbons (Fsp3) is 0.727. The highest BCUT2D eigenvalue weighted by Crippen LogP contribution is 2.29. The van der Waals surface area contributed by atoms with Crippen LogP contribution < -0.4 is 5.32 Å². The lowest BCUT2D eigenvalue weighted by Crippen LogP contribution is -2.64. The van der Waals surface area contributed by atoms with E-state index in [1.54, 1.807) is 0 Å². The van der Waals surface area contributed by atoms with Crippen molar-refractivity contribution in [3.63, 3.8) is 0 Å². The maximum absolute atomic E-state index is 11.8. The number of carboxylic acids is 1. The van der Waals surface area contributed by atoms with Crippen LogP contribution >= 0.6 is 0 Å². The van der Waals surface area contributed by atoms with E-state index >= 15 is 0 Å². The number of urea groups is 1. The molecule has 3 amide bonds. The van der Waals surface area contributed by atoms with Gasteiger partial charge in [0.1, 0.15) is 12.3 Å². The Hall–Kier alpha value is -1.71. The van der Waals surface area contributed by atoms with E-state index < -0.39 is 48.4 Å². The monoisotopic (exact) mass is 288 g/mol. The lowest BCUT2D eigenvalue weighted by atomic mass is 9.87. The molecule has 9 heteroatoms. The number of amides is 3. The molecular weight excluding hydrogens is 272 g/mol. The number of aliphatic hydroxyl groups is 2. The summed E-state index contributed by atoms with van der Waals surface area (Å²) >= 11 is 0. The molecule has 1 unspecified atom stereocenters. The van der Waals surface area contributed by atoms with Gasteiger partial charge >= 0.3 is 12.0 Å². The van der Waals surface area contributed by atoms with Crippen LogP contribution in [0.25, 0.3) is 0 Å². The molecule has 0 radical (unpaired) electrons. The van der Waals surface area contributed by atoms with Crippen molar-refractivity contribution in [3.8, 4) is 0 Å². The maximum Gasteiger partial charge on any atom is 0.326 e. The number of carbonyl (C=O) groups is 3. The Bertz CT molecular complexity index is 454. The number of hydrogen-bond acceptors (Lipinski definition) is 6. The first-order valence-corrected chi connectivity index (χ1v) is 6.09. The summed E-state index contributed by atoms with van der Waals surface area (Å²) in [6.07, 6.45) is -2.62. The Morgan fingerprint density at radius 3 is 2.70 bits per heavy atom. The summed E-state index contributed by atoms with van der Waals surface area (Å²) in [7, 11) is 0. The third-order valence-electron chi connectivity index (χ3n) is 3.67. The molecule has 2 fully saturated rings. The van der Waals surface area contributed by atoms with Crippen LogP contribution in [0.2, 0.25) is 0 Å². The Balaban J connectivity index is 2.18. The lowest BCUT2D eigenvalue weighted by molar-refractivity contribution is -0.159. The molecule has 0 aromatic rings. The molecule has 0 aromatic carbocycles. The minimum Gasteiger partial charge on any atom is -0.480 e. The van der Waals surface area contributed by atoms with Crippen molar-refractivity contribution in [2.45, 2.75) is 31.8 Å². The van der Waals surface area contributed by atoms with Crippen molar-refractivity contribution in [3.05, 3.63) is 0 Å². The average molecular weight is 288 g/mol. The van der Waals surface area contributed by atoms with Crippen molar-refractivity contribution in [2.75, 3.05) is 13.2 Å². The predicted octanol–water partition coefficient (Wildman–Crippen LogP) is -1.90. The number of ether oxygens (including phenoxy) is 1. The molecule has 0 saturated carbocycles. The molecular formula is C11H16N2O7. The van der Waals surface area contributed by atoms with Crippen LogP contribution in [-0.2, 0) is 14.3 Å². The normalized spacial score (nSPS) is 38.0. The molecule has 2 saturated heterocycles. The Kier molecular flexibility index (Phi) is 3.67. The largest absolute Gasteiger partial charge is 0.480 e. The predicted molar refractivity (Wildman–Crippen MR) is 62.4 cm³/mol. The van der Waals surface area contributed by atoms with Crippen molar-refractivity contribution in [1.29, 1.82) is 0 Å². The first kappa shape index (κ1) is 14.7. The fourth-order valence-corrected chi connectivity index (χ4v) is 2.26. The molecule has 0 bridgehead atoms. The molecule has 2 aliphatic heterocycles. The van der Waals surface area contributed by atoms with Gasteiger partial charge in [-0.3, -0.25) is 19.8 Å². The molecule has 112 valence electrons. The summed E-state index contributed by atoms with van der Waals surface area (Å²) < 4.78 is 5.30. The van der Waals surface area contributed by atoms with E-state index in [0.717, 1.165) is 4.90 Å². The minimum atomic E-state index is -1.78. The Labute approximate surface area is 114 Å². The Morgan fingerprint density at radius 2 is 2.20 bits per heavy atom. The highest BCUT2D eigenvalue weighted by Gasteiger charge is 2.51. The number of rotatable bonds is 3. The highest BCUT2D eigenvalue weighted by molar-refractivity contribution is 6.10. The van der Waals surface area contributed by atoms with Gasteiger partial charge in [-0.1, -0.05) is 0 Å². The van der Waals surface area contributed by atoms with E-state index in [9.17, 15) is 19.5 Å². The molecule has 2 aliphatic rings. The summed E-state index contributed by atoms with van der Waals surface area (Å²) in [6, 6.07) is -0.774. The van der Waals surface area contributed by atoms with E-state index in [1.807, 2.05) is 5.32 Å². The maximum atomic E-state index is 11.8. The summed E-state index contributed by atoms with van der Waals surface area (Å²) in [5, 5.41) is 29.7. The SMILES string of the molecule is CC1(C(=O)O)CN([C@H]2C[C@H](O)[C@@H](CO)O2)C(=O)NC1=O. The Morgan fingerprint density at radius 1 is 1.55 bits per heavy atom. The number of imide groups is 1. The summed E-state index contributed by atoms with van der Waals surface area (Å²) in [5.41, 5.74) is -1.78. The number of carboxylic acid groups (broad SMARTS) is 1. The second-order valence-corrected chi connectivity index (χ2v) is 5.14. The van der Waals surface area contributed by atoms with E-state index in [2.05, 4.69) is 0 Å². The number of hydrogen-bond donors (Lipinski definition) is 4. The number of aliphatic hydroxyl groups excluding tert-OH is 2. The smallest absolute Gasteiger partial charge is 0.326 e. The van der Waals surface area contributed by atoms with Crippen molar-refractivity contribution in [2.24, 2.45) is 5.41 Å². The van der Waals surface area contributed by atoms with Gasteiger partial charge in [0.25, 0.3) is 0 Å². The standard InChI is InChI=1S/C11H16N2O7/c1-11(9(17)18)4-13(10(19)12-8(11)16)7-2-5(15)6(3-14)20-7/h5-7,14-15H,2-4H2,1H3,(H,17,18)(H,12,16,19)/t5-,6+,7+,11?/m0/s1. The number of aliphatic carboxylic acids is 1. The van der Waals surface area contributed by atoms with E-state index in [4.69, 9.17) is 14.9 Å². The molecule has 4 N–H and O–H groups in total. The summed E-state index contributed by atoms with van der Waals surface area (Å²) in [5.74, 6) is -2.24. The third kappa shape index (κ3) is 2.23. The quantitative estimate of drug-likeness (QED) is 0.445. The molecule has 0 aromatic heterocycles. The molecule has 2 heterocycles. The van der Waals surface area contributed by atoms with Crippen LogP contribution in [0.3, 0.4) is 0 Å². The number of nitrogens with one attached hydrogen (secondary N) is 1. The third-order valence-corrected chi connectivity index (χ3v) is 3.67. The topological polar surface area (TPSA) is 136 Å². The van der Waals surface area contributed by atoms with Gasteiger partial charge in [-0.2, -0.15) is 0 Å². The average Bonchev–Trinajstić information content (AvgIpc) is 2.74. The van der Waals surface area contributed by atoms with Gasteiger partial charge in [0.2, 0.25) is 5.91 Å². The van der Waals surface area contributed by atoms with E-state index in [0.29, 0.717) is 0 Å². The van der Waals surface area contributed by atoms with Crippen LogP contribution in [0.15, 0.2) is 0 Å². The van der Waals surface area contributed by atoms with Crippen LogP contribution in [0, 0.1) is 5.41 Å². The highest BCUT2D eigenvalue weighted by atomic mass is 16.5. The van der Waals surface area contributed by atoms with Crippen LogP contribution in [-0.4, -0.2) is 69.7 Å². The van der Waals surface area contributed by atoms with E-state index in [-0.39, 0.29) is 13.0 Å². The van der Waals surface area contributed by atoms with Gasteiger partial charge in [0, 0.05) is 13.0 Å². The first-order chi connectivity index (χ1) is 9.29. The van der Waals surface area contributed by atoms with E-state index in [1.165, 1.54) is 6.92 Å². The molecule has 20 heavy (non-hydrogen) atoms. The van der Waals surface area contributed by atoms with Crippen molar-refractivity contribution < 1.29 is 34.4 Å². The van der Waals surface area contributed by atoms with Crippen molar-refractivity contribution >= 4 is 17.9 Å². The summed E-state index contributed by atoms with van der Waals surface area (Å²) in [6.45, 7) is 0.434. The van der Waals surface area contributed by atoms with Gasteiger partial charge in [0.05, 0.1) is 12.7 Å². The fourth-order valence-electron chi connectivity index (χ4n) is 2.26. The van der Waals surface area contributed by atoms with Gasteiger partial charge < -0.3 is 20.1 Å². The first-order valence-electron chi connectivity index (χ1n) is 6.09. The van der Waals surface area contributed by atoms with Gasteiger partial charge in [-0.15, -0.1) is 0 Å². The van der Waals surface area contributed by atoms with Crippen molar-refractivity contribution in [1.82, 2.24) is 10.2 Å². The minimum absolute atomic E-state index is 0.0442. The number of nitrogens with zero attached hydrogens (tertiary/aromatic N) is 1. The second-order valence-electron chi connectivity index (χ2n) is 5.14. The number of carbonyl (C=O) groups excluding carboxylic acids is 2.